The molecule has 0 N–H and O–H groups in total. The van der Waals surface area contributed by atoms with E-state index in [0.717, 1.165) is 29.0 Å². The Kier molecular flexibility index (Phi) is 4.20. The molecule has 4 rings (SSSR count). The SMILES string of the molecule is COc1ccccc1OCC(=O)N1CCc2c(cnc3cc(C)nn23)C1. The molecular formula is C19H20N4O3. The summed E-state index contributed by atoms with van der Waals surface area (Å²) in [6, 6.07) is 9.26. The Hall–Kier alpha value is -3.09. The highest BCUT2D eigenvalue weighted by Gasteiger charge is 2.24. The highest BCUT2D eigenvalue weighted by Crippen LogP contribution is 2.26. The van der Waals surface area contributed by atoms with Crippen LogP contribution in [-0.4, -0.2) is 45.7 Å². The number of hydrogen-bond acceptors (Lipinski definition) is 5. The second-order valence-electron chi connectivity index (χ2n) is 6.29. The zero-order valence-electron chi connectivity index (χ0n) is 14.8. The molecule has 0 saturated heterocycles. The summed E-state index contributed by atoms with van der Waals surface area (Å²) in [7, 11) is 1.58. The number of ether oxygens (including phenoxy) is 2. The van der Waals surface area contributed by atoms with Gasteiger partial charge < -0.3 is 14.4 Å². The quantitative estimate of drug-likeness (QED) is 0.718. The van der Waals surface area contributed by atoms with Gasteiger partial charge in [0.2, 0.25) is 0 Å². The predicted molar refractivity (Wildman–Crippen MR) is 95.3 cm³/mol. The maximum absolute atomic E-state index is 12.6. The van der Waals surface area contributed by atoms with Crippen molar-refractivity contribution in [2.45, 2.75) is 19.9 Å². The Balaban J connectivity index is 1.46. The van der Waals surface area contributed by atoms with Gasteiger partial charge in [-0.25, -0.2) is 9.50 Å². The fourth-order valence-corrected chi connectivity index (χ4v) is 3.24. The van der Waals surface area contributed by atoms with Crippen molar-refractivity contribution in [3.8, 4) is 11.5 Å². The Bertz CT molecular complexity index is 967. The van der Waals surface area contributed by atoms with Gasteiger partial charge in [0.05, 0.1) is 18.5 Å². The van der Waals surface area contributed by atoms with Crippen LogP contribution in [0.3, 0.4) is 0 Å². The first-order valence-electron chi connectivity index (χ1n) is 8.52. The Morgan fingerprint density at radius 2 is 2.08 bits per heavy atom. The summed E-state index contributed by atoms with van der Waals surface area (Å²) in [5.74, 6) is 1.12. The lowest BCUT2D eigenvalue weighted by molar-refractivity contribution is -0.134. The lowest BCUT2D eigenvalue weighted by Gasteiger charge is -2.28. The highest BCUT2D eigenvalue weighted by atomic mass is 16.5. The molecule has 0 bridgehead atoms. The van der Waals surface area contributed by atoms with Crippen LogP contribution in [0.4, 0.5) is 0 Å². The smallest absolute Gasteiger partial charge is 0.260 e. The zero-order valence-corrected chi connectivity index (χ0v) is 14.8. The number of fused-ring (bicyclic) bond motifs is 3. The molecule has 26 heavy (non-hydrogen) atoms. The zero-order chi connectivity index (χ0) is 18.1. The molecule has 2 aromatic heterocycles. The van der Waals surface area contributed by atoms with E-state index in [9.17, 15) is 4.79 Å². The monoisotopic (exact) mass is 352 g/mol. The molecule has 0 aliphatic carbocycles. The molecule has 1 aliphatic rings. The van der Waals surface area contributed by atoms with Gasteiger partial charge in [0.25, 0.3) is 5.91 Å². The molecule has 0 unspecified atom stereocenters. The first kappa shape index (κ1) is 16.4. The maximum Gasteiger partial charge on any atom is 0.260 e. The number of benzene rings is 1. The largest absolute Gasteiger partial charge is 0.493 e. The first-order chi connectivity index (χ1) is 12.7. The number of hydrogen-bond donors (Lipinski definition) is 0. The lowest BCUT2D eigenvalue weighted by atomic mass is 10.1. The van der Waals surface area contributed by atoms with E-state index in [0.29, 0.717) is 24.6 Å². The van der Waals surface area contributed by atoms with E-state index in [-0.39, 0.29) is 12.5 Å². The molecular weight excluding hydrogens is 332 g/mol. The molecule has 0 radical (unpaired) electrons. The van der Waals surface area contributed by atoms with Gasteiger partial charge in [0.1, 0.15) is 0 Å². The molecule has 1 aliphatic heterocycles. The molecule has 134 valence electrons. The lowest BCUT2D eigenvalue weighted by Crippen LogP contribution is -2.39. The van der Waals surface area contributed by atoms with Crippen molar-refractivity contribution in [2.75, 3.05) is 20.3 Å². The van der Waals surface area contributed by atoms with Gasteiger partial charge in [-0.15, -0.1) is 0 Å². The van der Waals surface area contributed by atoms with Crippen LogP contribution in [0.25, 0.3) is 5.65 Å². The number of methoxy groups -OCH3 is 1. The minimum absolute atomic E-state index is 0.0216. The van der Waals surface area contributed by atoms with Gasteiger partial charge in [-0.3, -0.25) is 4.79 Å². The third-order valence-corrected chi connectivity index (χ3v) is 4.54. The average molecular weight is 352 g/mol. The summed E-state index contributed by atoms with van der Waals surface area (Å²) in [5.41, 5.74) is 3.94. The van der Waals surface area contributed by atoms with Crippen molar-refractivity contribution >= 4 is 11.6 Å². The van der Waals surface area contributed by atoms with Gasteiger partial charge in [0, 0.05) is 37.3 Å². The number of aryl methyl sites for hydroxylation is 1. The van der Waals surface area contributed by atoms with E-state index in [2.05, 4.69) is 10.1 Å². The molecule has 7 nitrogen and oxygen atoms in total. The molecule has 1 aromatic carbocycles. The third-order valence-electron chi connectivity index (χ3n) is 4.54. The summed E-state index contributed by atoms with van der Waals surface area (Å²) < 4.78 is 12.8. The van der Waals surface area contributed by atoms with Gasteiger partial charge in [-0.05, 0) is 19.1 Å². The van der Waals surface area contributed by atoms with E-state index in [4.69, 9.17) is 9.47 Å². The minimum Gasteiger partial charge on any atom is -0.493 e. The number of amides is 1. The molecule has 0 saturated carbocycles. The van der Waals surface area contributed by atoms with Crippen molar-refractivity contribution in [1.29, 1.82) is 0 Å². The van der Waals surface area contributed by atoms with Crippen molar-refractivity contribution < 1.29 is 14.3 Å². The normalized spacial score (nSPS) is 13.5. The van der Waals surface area contributed by atoms with Gasteiger partial charge >= 0.3 is 0 Å². The second kappa shape index (κ2) is 6.67. The number of aromatic nitrogens is 3. The number of carbonyl (C=O) groups excluding carboxylic acids is 1. The Morgan fingerprint density at radius 1 is 1.27 bits per heavy atom. The topological polar surface area (TPSA) is 69.0 Å². The maximum atomic E-state index is 12.6. The van der Waals surface area contributed by atoms with Crippen molar-refractivity contribution in [2.24, 2.45) is 0 Å². The van der Waals surface area contributed by atoms with Crippen LogP contribution in [0.1, 0.15) is 17.0 Å². The van der Waals surface area contributed by atoms with Crippen LogP contribution in [0.15, 0.2) is 36.5 Å². The standard InChI is InChI=1S/C19H20N4O3/c1-13-9-18-20-10-14-11-22(8-7-15(14)23(18)21-13)19(24)12-26-17-6-4-3-5-16(17)25-2/h3-6,9-10H,7-8,11-12H2,1-2H3. The molecule has 3 heterocycles. The molecule has 3 aromatic rings. The van der Waals surface area contributed by atoms with Crippen LogP contribution in [-0.2, 0) is 17.8 Å². The summed E-state index contributed by atoms with van der Waals surface area (Å²) >= 11 is 0. The molecule has 0 spiro atoms. The summed E-state index contributed by atoms with van der Waals surface area (Å²) in [6.45, 7) is 3.09. The van der Waals surface area contributed by atoms with E-state index < -0.39 is 0 Å². The molecule has 7 heteroatoms. The van der Waals surface area contributed by atoms with Crippen LogP contribution in [0.2, 0.25) is 0 Å². The van der Waals surface area contributed by atoms with Gasteiger partial charge in [-0.2, -0.15) is 5.10 Å². The van der Waals surface area contributed by atoms with Crippen molar-refractivity contribution in [3.63, 3.8) is 0 Å². The van der Waals surface area contributed by atoms with Crippen molar-refractivity contribution in [1.82, 2.24) is 19.5 Å². The Labute approximate surface area is 151 Å². The van der Waals surface area contributed by atoms with Crippen LogP contribution in [0, 0.1) is 6.92 Å². The summed E-state index contributed by atoms with van der Waals surface area (Å²) in [5, 5.41) is 4.50. The van der Waals surface area contributed by atoms with E-state index in [1.54, 1.807) is 24.1 Å². The van der Waals surface area contributed by atoms with Crippen LogP contribution in [0.5, 0.6) is 11.5 Å². The van der Waals surface area contributed by atoms with Crippen LogP contribution < -0.4 is 9.47 Å². The number of rotatable bonds is 4. The minimum atomic E-state index is -0.0571. The van der Waals surface area contributed by atoms with Crippen LogP contribution >= 0.6 is 0 Å². The van der Waals surface area contributed by atoms with E-state index >= 15 is 0 Å². The predicted octanol–water partition coefficient (Wildman–Crippen LogP) is 2.01. The highest BCUT2D eigenvalue weighted by molar-refractivity contribution is 5.78. The molecule has 1 amide bonds. The first-order valence-corrected chi connectivity index (χ1v) is 8.52. The van der Waals surface area contributed by atoms with Gasteiger partial charge in [-0.1, -0.05) is 12.1 Å². The van der Waals surface area contributed by atoms with Gasteiger partial charge in [0.15, 0.2) is 23.8 Å². The number of para-hydroxylation sites is 2. The molecule has 0 fully saturated rings. The van der Waals surface area contributed by atoms with Crippen molar-refractivity contribution in [3.05, 3.63) is 53.5 Å². The third kappa shape index (κ3) is 2.96. The number of carbonyl (C=O) groups is 1. The van der Waals surface area contributed by atoms with E-state index in [1.165, 1.54) is 0 Å². The van der Waals surface area contributed by atoms with E-state index in [1.807, 2.05) is 35.8 Å². The number of nitrogens with zero attached hydrogens (tertiary/aromatic N) is 4. The summed E-state index contributed by atoms with van der Waals surface area (Å²) in [6.07, 6.45) is 2.59. The summed E-state index contributed by atoms with van der Waals surface area (Å²) in [4.78, 5) is 18.8. The average Bonchev–Trinajstić information content (AvgIpc) is 3.06. The fraction of sp³-hybridized carbons (Fsp3) is 0.316. The Morgan fingerprint density at radius 3 is 2.88 bits per heavy atom. The second-order valence-corrected chi connectivity index (χ2v) is 6.29. The molecule has 0 atom stereocenters. The fourth-order valence-electron chi connectivity index (χ4n) is 3.24.